The molecule has 0 bridgehead atoms. The van der Waals surface area contributed by atoms with Crippen LogP contribution in [0, 0.1) is 17.2 Å². The standard InChI is InChI=1S/C15H19N3O/c1-12-3-2-8-18(10-12)11-15(19)17-14-6-4-13(9-16)5-7-14/h4-7,12H,2-3,8,10-11H2,1H3,(H,17,19)/t12-/m1/s1. The predicted molar refractivity (Wildman–Crippen MR) is 74.6 cm³/mol. The lowest BCUT2D eigenvalue weighted by Crippen LogP contribution is -2.39. The minimum absolute atomic E-state index is 0.0128. The monoisotopic (exact) mass is 257 g/mol. The summed E-state index contributed by atoms with van der Waals surface area (Å²) in [5.41, 5.74) is 1.34. The Bertz CT molecular complexity index is 475. The fourth-order valence-electron chi connectivity index (χ4n) is 2.46. The maximum Gasteiger partial charge on any atom is 0.238 e. The number of benzene rings is 1. The smallest absolute Gasteiger partial charge is 0.238 e. The van der Waals surface area contributed by atoms with E-state index >= 15 is 0 Å². The van der Waals surface area contributed by atoms with E-state index in [-0.39, 0.29) is 5.91 Å². The Morgan fingerprint density at radius 1 is 1.47 bits per heavy atom. The average molecular weight is 257 g/mol. The molecule has 0 aromatic heterocycles. The zero-order valence-corrected chi connectivity index (χ0v) is 11.2. The van der Waals surface area contributed by atoms with Gasteiger partial charge in [-0.05, 0) is 49.6 Å². The maximum atomic E-state index is 11.9. The molecule has 4 heteroatoms. The summed E-state index contributed by atoms with van der Waals surface area (Å²) in [6.07, 6.45) is 2.43. The molecule has 1 fully saturated rings. The van der Waals surface area contributed by atoms with Crippen LogP contribution in [0.2, 0.25) is 0 Å². The fraction of sp³-hybridized carbons (Fsp3) is 0.467. The van der Waals surface area contributed by atoms with Gasteiger partial charge in [-0.3, -0.25) is 9.69 Å². The quantitative estimate of drug-likeness (QED) is 0.903. The first-order chi connectivity index (χ1) is 9.17. The highest BCUT2D eigenvalue weighted by Gasteiger charge is 2.18. The summed E-state index contributed by atoms with van der Waals surface area (Å²) in [6.45, 7) is 4.68. The highest BCUT2D eigenvalue weighted by atomic mass is 16.2. The number of hydrogen-bond acceptors (Lipinski definition) is 3. The Balaban J connectivity index is 1.85. The van der Waals surface area contributed by atoms with Crippen LogP contribution < -0.4 is 5.32 Å². The normalized spacial score (nSPS) is 19.7. The molecule has 0 aliphatic carbocycles. The van der Waals surface area contributed by atoms with Gasteiger partial charge in [0.1, 0.15) is 0 Å². The van der Waals surface area contributed by atoms with Gasteiger partial charge in [-0.2, -0.15) is 5.26 Å². The molecule has 1 amide bonds. The van der Waals surface area contributed by atoms with Crippen molar-refractivity contribution < 1.29 is 4.79 Å². The molecule has 19 heavy (non-hydrogen) atoms. The molecule has 1 atom stereocenters. The Hall–Kier alpha value is -1.86. The summed E-state index contributed by atoms with van der Waals surface area (Å²) in [4.78, 5) is 14.1. The number of rotatable bonds is 3. The number of nitrogens with one attached hydrogen (secondary N) is 1. The van der Waals surface area contributed by atoms with Crippen LogP contribution >= 0.6 is 0 Å². The van der Waals surface area contributed by atoms with E-state index in [1.165, 1.54) is 12.8 Å². The number of nitriles is 1. The number of carbonyl (C=O) groups excluding carboxylic acids is 1. The van der Waals surface area contributed by atoms with Gasteiger partial charge in [0, 0.05) is 12.2 Å². The van der Waals surface area contributed by atoms with Gasteiger partial charge in [0.2, 0.25) is 5.91 Å². The van der Waals surface area contributed by atoms with Crippen molar-refractivity contribution in [1.29, 1.82) is 5.26 Å². The number of anilines is 1. The van der Waals surface area contributed by atoms with Crippen LogP contribution in [0.3, 0.4) is 0 Å². The topological polar surface area (TPSA) is 56.1 Å². The van der Waals surface area contributed by atoms with Gasteiger partial charge in [-0.1, -0.05) is 6.92 Å². The molecule has 2 rings (SSSR count). The van der Waals surface area contributed by atoms with Crippen molar-refractivity contribution in [1.82, 2.24) is 4.90 Å². The molecule has 0 saturated carbocycles. The largest absolute Gasteiger partial charge is 0.325 e. The minimum atomic E-state index is 0.0128. The van der Waals surface area contributed by atoms with Crippen LogP contribution in [-0.4, -0.2) is 30.4 Å². The third-order valence-corrected chi connectivity index (χ3v) is 3.41. The van der Waals surface area contributed by atoms with Crippen molar-refractivity contribution in [3.05, 3.63) is 29.8 Å². The predicted octanol–water partition coefficient (Wildman–Crippen LogP) is 2.23. The molecule has 4 nitrogen and oxygen atoms in total. The van der Waals surface area contributed by atoms with Crippen LogP contribution in [0.4, 0.5) is 5.69 Å². The van der Waals surface area contributed by atoms with E-state index < -0.39 is 0 Å². The number of nitrogens with zero attached hydrogens (tertiary/aromatic N) is 2. The third-order valence-electron chi connectivity index (χ3n) is 3.41. The zero-order valence-electron chi connectivity index (χ0n) is 11.2. The Kier molecular flexibility index (Phi) is 4.53. The average Bonchev–Trinajstić information content (AvgIpc) is 2.39. The van der Waals surface area contributed by atoms with E-state index in [1.807, 2.05) is 0 Å². The van der Waals surface area contributed by atoms with E-state index in [0.717, 1.165) is 18.8 Å². The number of amides is 1. The summed E-state index contributed by atoms with van der Waals surface area (Å²) in [5, 5.41) is 11.6. The van der Waals surface area contributed by atoms with Crippen LogP contribution in [-0.2, 0) is 4.79 Å². The summed E-state index contributed by atoms with van der Waals surface area (Å²) in [6, 6.07) is 8.99. The number of hydrogen-bond donors (Lipinski definition) is 1. The van der Waals surface area contributed by atoms with Crippen molar-refractivity contribution in [3.63, 3.8) is 0 Å². The van der Waals surface area contributed by atoms with Crippen molar-refractivity contribution in [3.8, 4) is 6.07 Å². The van der Waals surface area contributed by atoms with Crippen molar-refractivity contribution in [2.45, 2.75) is 19.8 Å². The summed E-state index contributed by atoms with van der Waals surface area (Å²) < 4.78 is 0. The number of likely N-dealkylation sites (tertiary alicyclic amines) is 1. The molecule has 1 N–H and O–H groups in total. The summed E-state index contributed by atoms with van der Waals surface area (Å²) in [5.74, 6) is 0.690. The summed E-state index contributed by atoms with van der Waals surface area (Å²) in [7, 11) is 0. The molecule has 1 heterocycles. The fourth-order valence-corrected chi connectivity index (χ4v) is 2.46. The first kappa shape index (κ1) is 13.6. The van der Waals surface area contributed by atoms with Gasteiger partial charge in [-0.15, -0.1) is 0 Å². The molecule has 100 valence electrons. The highest BCUT2D eigenvalue weighted by Crippen LogP contribution is 2.15. The lowest BCUT2D eigenvalue weighted by Gasteiger charge is -2.30. The second-order valence-corrected chi connectivity index (χ2v) is 5.22. The molecule has 1 aliphatic heterocycles. The van der Waals surface area contributed by atoms with Gasteiger partial charge >= 0.3 is 0 Å². The first-order valence-electron chi connectivity index (χ1n) is 6.70. The molecular weight excluding hydrogens is 238 g/mol. The lowest BCUT2D eigenvalue weighted by atomic mass is 10.0. The second kappa shape index (κ2) is 6.35. The Labute approximate surface area is 114 Å². The van der Waals surface area contributed by atoms with Gasteiger partial charge in [0.25, 0.3) is 0 Å². The van der Waals surface area contributed by atoms with Gasteiger partial charge in [-0.25, -0.2) is 0 Å². The third kappa shape index (κ3) is 4.08. The van der Waals surface area contributed by atoms with Crippen LogP contribution in [0.5, 0.6) is 0 Å². The molecular formula is C15H19N3O. The molecule has 0 spiro atoms. The first-order valence-corrected chi connectivity index (χ1v) is 6.70. The van der Waals surface area contributed by atoms with Crippen molar-refractivity contribution in [2.75, 3.05) is 25.0 Å². The number of piperidine rings is 1. The van der Waals surface area contributed by atoms with E-state index in [0.29, 0.717) is 18.0 Å². The second-order valence-electron chi connectivity index (χ2n) is 5.22. The van der Waals surface area contributed by atoms with E-state index in [2.05, 4.69) is 23.2 Å². The zero-order chi connectivity index (χ0) is 13.7. The molecule has 0 radical (unpaired) electrons. The van der Waals surface area contributed by atoms with Crippen LogP contribution in [0.25, 0.3) is 0 Å². The van der Waals surface area contributed by atoms with Gasteiger partial charge in [0.05, 0.1) is 18.2 Å². The SMILES string of the molecule is C[C@@H]1CCCN(CC(=O)Nc2ccc(C#N)cc2)C1. The Morgan fingerprint density at radius 2 is 2.21 bits per heavy atom. The Morgan fingerprint density at radius 3 is 2.84 bits per heavy atom. The van der Waals surface area contributed by atoms with E-state index in [9.17, 15) is 4.79 Å². The van der Waals surface area contributed by atoms with E-state index in [4.69, 9.17) is 5.26 Å². The van der Waals surface area contributed by atoms with Gasteiger partial charge in [0.15, 0.2) is 0 Å². The van der Waals surface area contributed by atoms with Crippen molar-refractivity contribution >= 4 is 11.6 Å². The van der Waals surface area contributed by atoms with E-state index in [1.54, 1.807) is 24.3 Å². The molecule has 1 saturated heterocycles. The lowest BCUT2D eigenvalue weighted by molar-refractivity contribution is -0.117. The minimum Gasteiger partial charge on any atom is -0.325 e. The van der Waals surface area contributed by atoms with Crippen molar-refractivity contribution in [2.24, 2.45) is 5.92 Å². The molecule has 1 aromatic rings. The number of carbonyl (C=O) groups is 1. The highest BCUT2D eigenvalue weighted by molar-refractivity contribution is 5.92. The molecule has 1 aliphatic rings. The maximum absolute atomic E-state index is 11.9. The molecule has 1 aromatic carbocycles. The molecule has 0 unspecified atom stereocenters. The van der Waals surface area contributed by atoms with Crippen LogP contribution in [0.15, 0.2) is 24.3 Å². The summed E-state index contributed by atoms with van der Waals surface area (Å²) >= 11 is 0. The van der Waals surface area contributed by atoms with Gasteiger partial charge < -0.3 is 5.32 Å². The van der Waals surface area contributed by atoms with Crippen LogP contribution in [0.1, 0.15) is 25.3 Å².